The molecule has 11 heteroatoms. The Morgan fingerprint density at radius 1 is 1.00 bits per heavy atom. The minimum atomic E-state index is -4.43. The molecule has 2 aromatic rings. The lowest BCUT2D eigenvalue weighted by atomic mass is 10.2. The van der Waals surface area contributed by atoms with Crippen LogP contribution in [0.4, 0.5) is 19.0 Å². The molecule has 0 atom stereocenters. The zero-order chi connectivity index (χ0) is 22.1. The Balaban J connectivity index is 1.63. The molecule has 1 fully saturated rings. The van der Waals surface area contributed by atoms with E-state index < -0.39 is 21.8 Å². The Morgan fingerprint density at radius 2 is 1.60 bits per heavy atom. The summed E-state index contributed by atoms with van der Waals surface area (Å²) in [5.74, 6) is 0.192. The maximum Gasteiger partial charge on any atom is 0.417 e. The van der Waals surface area contributed by atoms with Gasteiger partial charge in [0, 0.05) is 52.0 Å². The molecule has 3 rings (SSSR count). The van der Waals surface area contributed by atoms with Crippen molar-refractivity contribution in [1.82, 2.24) is 14.2 Å². The fourth-order valence-electron chi connectivity index (χ4n) is 3.04. The van der Waals surface area contributed by atoms with Gasteiger partial charge in [0.25, 0.3) is 5.91 Å². The first kappa shape index (κ1) is 22.0. The van der Waals surface area contributed by atoms with Gasteiger partial charge in [0.15, 0.2) is 0 Å². The van der Waals surface area contributed by atoms with Crippen molar-refractivity contribution >= 4 is 21.7 Å². The number of rotatable bonds is 4. The summed E-state index contributed by atoms with van der Waals surface area (Å²) in [5, 5.41) is 0. The summed E-state index contributed by atoms with van der Waals surface area (Å²) in [6.07, 6.45) is -3.63. The van der Waals surface area contributed by atoms with Crippen LogP contribution in [-0.2, 0) is 16.2 Å². The van der Waals surface area contributed by atoms with E-state index in [9.17, 15) is 26.4 Å². The van der Waals surface area contributed by atoms with Crippen molar-refractivity contribution in [2.75, 3.05) is 45.2 Å². The Morgan fingerprint density at radius 3 is 2.07 bits per heavy atom. The summed E-state index contributed by atoms with van der Waals surface area (Å²) < 4.78 is 63.3. The highest BCUT2D eigenvalue weighted by atomic mass is 32.2. The number of benzene rings is 1. The summed E-state index contributed by atoms with van der Waals surface area (Å²) in [6, 6.07) is 8.05. The van der Waals surface area contributed by atoms with Gasteiger partial charge in [-0.25, -0.2) is 17.7 Å². The van der Waals surface area contributed by atoms with Crippen LogP contribution in [0.5, 0.6) is 0 Å². The van der Waals surface area contributed by atoms with Crippen LogP contribution >= 0.6 is 0 Å². The first-order valence-electron chi connectivity index (χ1n) is 9.10. The number of sulfonamides is 1. The topological polar surface area (TPSA) is 73.8 Å². The Labute approximate surface area is 172 Å². The zero-order valence-electron chi connectivity index (χ0n) is 16.4. The molecule has 1 saturated heterocycles. The maximum atomic E-state index is 12.7. The molecule has 1 aliphatic rings. The van der Waals surface area contributed by atoms with Gasteiger partial charge in [-0.1, -0.05) is 0 Å². The number of carbonyl (C=O) groups is 1. The van der Waals surface area contributed by atoms with E-state index in [1.807, 2.05) is 4.90 Å². The highest BCUT2D eigenvalue weighted by molar-refractivity contribution is 7.89. The van der Waals surface area contributed by atoms with Crippen molar-refractivity contribution in [3.63, 3.8) is 0 Å². The summed E-state index contributed by atoms with van der Waals surface area (Å²) in [5.41, 5.74) is -0.436. The second-order valence-electron chi connectivity index (χ2n) is 6.99. The molecule has 162 valence electrons. The van der Waals surface area contributed by atoms with Crippen LogP contribution in [-0.4, -0.2) is 68.8 Å². The van der Waals surface area contributed by atoms with Gasteiger partial charge in [0.1, 0.15) is 5.82 Å². The molecule has 1 aliphatic heterocycles. The number of nitrogens with zero attached hydrogens (tertiary/aromatic N) is 4. The Kier molecular flexibility index (Phi) is 6.04. The second kappa shape index (κ2) is 8.23. The normalized spacial score (nSPS) is 15.5. The van der Waals surface area contributed by atoms with Crippen LogP contribution in [0, 0.1) is 0 Å². The third-order valence-corrected chi connectivity index (χ3v) is 6.68. The molecule has 1 aromatic heterocycles. The summed E-state index contributed by atoms with van der Waals surface area (Å²) in [6.45, 7) is 1.60. The average Bonchev–Trinajstić information content (AvgIpc) is 2.73. The number of carbonyl (C=O) groups excluding carboxylic acids is 1. The summed E-state index contributed by atoms with van der Waals surface area (Å²) in [7, 11) is -0.710. The van der Waals surface area contributed by atoms with E-state index in [0.29, 0.717) is 37.6 Å². The van der Waals surface area contributed by atoms with Gasteiger partial charge >= 0.3 is 6.18 Å². The van der Waals surface area contributed by atoms with Crippen molar-refractivity contribution in [3.05, 3.63) is 53.7 Å². The predicted octanol–water partition coefficient (Wildman–Crippen LogP) is 2.31. The molecule has 0 bridgehead atoms. The minimum Gasteiger partial charge on any atom is -0.353 e. The standard InChI is InChI=1S/C19H21F3N4O3S/c1-24(2)30(28,29)16-6-3-14(4-7-16)18(27)26-11-9-25(10-12-26)17-8-5-15(13-23-17)19(20,21)22/h3-8,13H,9-12H2,1-2H3. The quantitative estimate of drug-likeness (QED) is 0.727. The van der Waals surface area contributed by atoms with E-state index in [0.717, 1.165) is 16.6 Å². The van der Waals surface area contributed by atoms with Gasteiger partial charge in [-0.3, -0.25) is 4.79 Å². The molecule has 30 heavy (non-hydrogen) atoms. The number of alkyl halides is 3. The van der Waals surface area contributed by atoms with Crippen molar-refractivity contribution in [3.8, 4) is 0 Å². The molecule has 0 saturated carbocycles. The van der Waals surface area contributed by atoms with Gasteiger partial charge in [0.05, 0.1) is 10.5 Å². The number of aromatic nitrogens is 1. The van der Waals surface area contributed by atoms with Gasteiger partial charge in [0.2, 0.25) is 10.0 Å². The van der Waals surface area contributed by atoms with Crippen LogP contribution in [0.3, 0.4) is 0 Å². The first-order chi connectivity index (χ1) is 14.0. The third kappa shape index (κ3) is 4.57. The molecule has 0 spiro atoms. The lowest BCUT2D eigenvalue weighted by Gasteiger charge is -2.35. The molecule has 1 aromatic carbocycles. The lowest BCUT2D eigenvalue weighted by Crippen LogP contribution is -2.49. The Hall–Kier alpha value is -2.66. The van der Waals surface area contributed by atoms with E-state index >= 15 is 0 Å². The summed E-state index contributed by atoms with van der Waals surface area (Å²) >= 11 is 0. The smallest absolute Gasteiger partial charge is 0.353 e. The zero-order valence-corrected chi connectivity index (χ0v) is 17.2. The largest absolute Gasteiger partial charge is 0.417 e. The van der Waals surface area contributed by atoms with Crippen LogP contribution in [0.25, 0.3) is 0 Å². The maximum absolute atomic E-state index is 12.7. The van der Waals surface area contributed by atoms with E-state index in [1.54, 1.807) is 4.90 Å². The van der Waals surface area contributed by atoms with E-state index in [-0.39, 0.29) is 10.8 Å². The molecule has 0 aliphatic carbocycles. The van der Waals surface area contributed by atoms with Crippen LogP contribution in [0.15, 0.2) is 47.5 Å². The highest BCUT2D eigenvalue weighted by Gasteiger charge is 2.31. The molecule has 0 unspecified atom stereocenters. The second-order valence-corrected chi connectivity index (χ2v) is 9.15. The average molecular weight is 442 g/mol. The first-order valence-corrected chi connectivity index (χ1v) is 10.5. The van der Waals surface area contributed by atoms with E-state index in [1.165, 1.54) is 44.4 Å². The van der Waals surface area contributed by atoms with Gasteiger partial charge in [-0.15, -0.1) is 0 Å². The van der Waals surface area contributed by atoms with E-state index in [2.05, 4.69) is 4.98 Å². The molecule has 2 heterocycles. The molecule has 0 radical (unpaired) electrons. The highest BCUT2D eigenvalue weighted by Crippen LogP contribution is 2.29. The fourth-order valence-corrected chi connectivity index (χ4v) is 3.94. The number of halogens is 3. The van der Waals surface area contributed by atoms with Gasteiger partial charge < -0.3 is 9.80 Å². The van der Waals surface area contributed by atoms with Gasteiger partial charge in [-0.2, -0.15) is 13.2 Å². The number of anilines is 1. The van der Waals surface area contributed by atoms with Crippen molar-refractivity contribution in [1.29, 1.82) is 0 Å². The summed E-state index contributed by atoms with van der Waals surface area (Å²) in [4.78, 5) is 20.1. The number of hydrogen-bond acceptors (Lipinski definition) is 5. The van der Waals surface area contributed by atoms with Crippen molar-refractivity contribution in [2.45, 2.75) is 11.1 Å². The molecular formula is C19H21F3N4O3S. The monoisotopic (exact) mass is 442 g/mol. The number of piperazine rings is 1. The fraction of sp³-hybridized carbons (Fsp3) is 0.368. The van der Waals surface area contributed by atoms with Gasteiger partial charge in [-0.05, 0) is 36.4 Å². The Bertz CT molecular complexity index is 999. The number of hydrogen-bond donors (Lipinski definition) is 0. The van der Waals surface area contributed by atoms with Crippen molar-refractivity contribution < 1.29 is 26.4 Å². The number of pyridine rings is 1. The van der Waals surface area contributed by atoms with Crippen LogP contribution in [0.2, 0.25) is 0 Å². The predicted molar refractivity (Wildman–Crippen MR) is 105 cm³/mol. The van der Waals surface area contributed by atoms with Crippen LogP contribution in [0.1, 0.15) is 15.9 Å². The third-order valence-electron chi connectivity index (χ3n) is 4.85. The molecular weight excluding hydrogens is 421 g/mol. The minimum absolute atomic E-state index is 0.0993. The molecule has 7 nitrogen and oxygen atoms in total. The van der Waals surface area contributed by atoms with Crippen molar-refractivity contribution in [2.24, 2.45) is 0 Å². The number of amides is 1. The van der Waals surface area contributed by atoms with E-state index in [4.69, 9.17) is 0 Å². The molecule has 1 amide bonds. The SMILES string of the molecule is CN(C)S(=O)(=O)c1ccc(C(=O)N2CCN(c3ccc(C(F)(F)F)cn3)CC2)cc1. The lowest BCUT2D eigenvalue weighted by molar-refractivity contribution is -0.137. The molecule has 0 N–H and O–H groups in total. The van der Waals surface area contributed by atoms with Crippen LogP contribution < -0.4 is 4.90 Å².